The maximum Gasteiger partial charge on any atom is 0.433 e. The van der Waals surface area contributed by atoms with E-state index in [1.165, 1.54) is 0 Å². The minimum Gasteiger partial charge on any atom is -0.328 e. The van der Waals surface area contributed by atoms with Gasteiger partial charge >= 0.3 is 6.18 Å². The summed E-state index contributed by atoms with van der Waals surface area (Å²) in [4.78, 5) is 23.3. The third kappa shape index (κ3) is 3.66. The highest BCUT2D eigenvalue weighted by Crippen LogP contribution is 2.40. The number of hydrogen-bond donors (Lipinski definition) is 0. The molecule has 0 spiro atoms. The van der Waals surface area contributed by atoms with Gasteiger partial charge in [0.2, 0.25) is 0 Å². The van der Waals surface area contributed by atoms with Crippen molar-refractivity contribution in [3.05, 3.63) is 53.6 Å². The van der Waals surface area contributed by atoms with E-state index in [-0.39, 0.29) is 16.5 Å². The Morgan fingerprint density at radius 2 is 1.79 bits per heavy atom. The second-order valence-corrected chi connectivity index (χ2v) is 6.79. The second-order valence-electron chi connectivity index (χ2n) is 5.85. The van der Waals surface area contributed by atoms with Crippen molar-refractivity contribution < 1.29 is 18.0 Å². The SMILES string of the molecule is CN1C(=C(C#N)C(=O)CSc2nccc(C(F)(F)F)n2)N(C)c2ccccc21. The molecule has 0 aliphatic carbocycles. The normalized spacial score (nSPS) is 13.4. The van der Waals surface area contributed by atoms with Crippen molar-refractivity contribution in [2.45, 2.75) is 11.3 Å². The summed E-state index contributed by atoms with van der Waals surface area (Å²) in [5, 5.41) is 9.37. The van der Waals surface area contributed by atoms with Crippen LogP contribution in [0.5, 0.6) is 0 Å². The highest BCUT2D eigenvalue weighted by molar-refractivity contribution is 7.99. The van der Waals surface area contributed by atoms with E-state index >= 15 is 0 Å². The summed E-state index contributed by atoms with van der Waals surface area (Å²) in [5.41, 5.74) is 0.520. The number of nitriles is 1. The number of alkyl halides is 3. The average Bonchev–Trinajstić information content (AvgIpc) is 2.92. The molecule has 2 heterocycles. The number of carbonyl (C=O) groups excluding carboxylic acids is 1. The number of benzene rings is 1. The zero-order valence-electron chi connectivity index (χ0n) is 14.9. The number of aromatic nitrogens is 2. The monoisotopic (exact) mass is 405 g/mol. The number of anilines is 2. The molecule has 1 aromatic carbocycles. The van der Waals surface area contributed by atoms with Gasteiger partial charge in [0, 0.05) is 20.3 Å². The first-order valence-electron chi connectivity index (χ1n) is 8.01. The number of carbonyl (C=O) groups is 1. The van der Waals surface area contributed by atoms with Gasteiger partial charge in [-0.15, -0.1) is 0 Å². The molecule has 6 nitrogen and oxygen atoms in total. The second kappa shape index (κ2) is 7.52. The molecule has 0 bridgehead atoms. The number of fused-ring (bicyclic) bond motifs is 1. The van der Waals surface area contributed by atoms with Crippen LogP contribution in [0.3, 0.4) is 0 Å². The lowest BCUT2D eigenvalue weighted by Gasteiger charge is -2.19. The van der Waals surface area contributed by atoms with Crippen LogP contribution in [0.2, 0.25) is 0 Å². The minimum absolute atomic E-state index is 0.0827. The van der Waals surface area contributed by atoms with Gasteiger partial charge in [-0.05, 0) is 18.2 Å². The number of nitrogens with zero attached hydrogens (tertiary/aromatic N) is 5. The third-order valence-electron chi connectivity index (χ3n) is 4.11. The number of ketones is 1. The molecule has 0 unspecified atom stereocenters. The largest absolute Gasteiger partial charge is 0.433 e. The van der Waals surface area contributed by atoms with E-state index in [4.69, 9.17) is 0 Å². The number of allylic oxidation sites excluding steroid dienone is 1. The predicted molar refractivity (Wildman–Crippen MR) is 98.7 cm³/mol. The molecule has 3 rings (SSSR count). The Morgan fingerprint density at radius 3 is 2.32 bits per heavy atom. The molecular weight excluding hydrogens is 391 g/mol. The van der Waals surface area contributed by atoms with Gasteiger partial charge < -0.3 is 9.80 Å². The van der Waals surface area contributed by atoms with Crippen molar-refractivity contribution >= 4 is 28.9 Å². The fourth-order valence-corrected chi connectivity index (χ4v) is 3.53. The van der Waals surface area contributed by atoms with Crippen LogP contribution in [-0.2, 0) is 11.0 Å². The Bertz CT molecular complexity index is 968. The number of Topliss-reactive ketones (excluding diaryl/α,β-unsaturated/α-hetero) is 1. The lowest BCUT2D eigenvalue weighted by atomic mass is 10.2. The molecule has 144 valence electrons. The number of para-hydroxylation sites is 2. The van der Waals surface area contributed by atoms with Crippen LogP contribution in [0.25, 0.3) is 0 Å². The van der Waals surface area contributed by atoms with Crippen LogP contribution in [-0.4, -0.2) is 35.6 Å². The van der Waals surface area contributed by atoms with Gasteiger partial charge in [0.05, 0.1) is 17.1 Å². The fraction of sp³-hybridized carbons (Fsp3) is 0.222. The van der Waals surface area contributed by atoms with Crippen LogP contribution in [0.15, 0.2) is 53.1 Å². The van der Waals surface area contributed by atoms with Gasteiger partial charge in [-0.25, -0.2) is 9.97 Å². The summed E-state index contributed by atoms with van der Waals surface area (Å²) in [6.07, 6.45) is -3.61. The van der Waals surface area contributed by atoms with Crippen LogP contribution in [0.1, 0.15) is 5.69 Å². The first kappa shape index (κ1) is 19.7. The quantitative estimate of drug-likeness (QED) is 0.334. The van der Waals surface area contributed by atoms with E-state index in [1.54, 1.807) is 23.9 Å². The van der Waals surface area contributed by atoms with Crippen LogP contribution < -0.4 is 9.80 Å². The summed E-state index contributed by atoms with van der Waals surface area (Å²) < 4.78 is 38.2. The smallest absolute Gasteiger partial charge is 0.328 e. The topological polar surface area (TPSA) is 73.1 Å². The summed E-state index contributed by atoms with van der Waals surface area (Å²) in [6.45, 7) is 0. The lowest BCUT2D eigenvalue weighted by molar-refractivity contribution is -0.141. The first-order chi connectivity index (χ1) is 13.2. The molecule has 0 N–H and O–H groups in total. The molecule has 0 radical (unpaired) electrons. The summed E-state index contributed by atoms with van der Waals surface area (Å²) in [5.74, 6) is -0.361. The van der Waals surface area contributed by atoms with Gasteiger partial charge in [0.25, 0.3) is 0 Å². The maximum absolute atomic E-state index is 12.7. The van der Waals surface area contributed by atoms with Gasteiger partial charge in [-0.3, -0.25) is 4.79 Å². The molecule has 0 fully saturated rings. The first-order valence-corrected chi connectivity index (χ1v) is 8.99. The number of rotatable bonds is 4. The third-order valence-corrected chi connectivity index (χ3v) is 4.97. The summed E-state index contributed by atoms with van der Waals surface area (Å²) in [7, 11) is 3.48. The van der Waals surface area contributed by atoms with E-state index in [1.807, 2.05) is 30.3 Å². The van der Waals surface area contributed by atoms with E-state index in [0.717, 1.165) is 35.4 Å². The van der Waals surface area contributed by atoms with Crippen molar-refractivity contribution in [3.8, 4) is 6.07 Å². The standard InChI is InChI=1S/C18H14F3N5OS/c1-25-12-5-3-4-6-13(12)26(2)16(25)11(9-22)14(27)10-28-17-23-8-7-15(24-17)18(19,20)21/h3-8H,10H2,1-2H3. The van der Waals surface area contributed by atoms with E-state index in [2.05, 4.69) is 9.97 Å². The van der Waals surface area contributed by atoms with Gasteiger partial charge in [-0.2, -0.15) is 18.4 Å². The summed E-state index contributed by atoms with van der Waals surface area (Å²) in [6, 6.07) is 10.1. The highest BCUT2D eigenvalue weighted by atomic mass is 32.2. The molecule has 0 atom stereocenters. The van der Waals surface area contributed by atoms with Crippen molar-refractivity contribution in [1.29, 1.82) is 5.26 Å². The molecule has 2 aromatic rings. The summed E-state index contributed by atoms with van der Waals surface area (Å²) >= 11 is 0.754. The molecule has 10 heteroatoms. The van der Waals surface area contributed by atoms with Crippen molar-refractivity contribution in [3.63, 3.8) is 0 Å². The number of hydrogen-bond acceptors (Lipinski definition) is 7. The molecular formula is C18H14F3N5OS. The predicted octanol–water partition coefficient (Wildman–Crippen LogP) is 3.48. The van der Waals surface area contributed by atoms with Crippen molar-refractivity contribution in [1.82, 2.24) is 9.97 Å². The van der Waals surface area contributed by atoms with E-state index in [9.17, 15) is 23.2 Å². The van der Waals surface area contributed by atoms with Crippen LogP contribution in [0, 0.1) is 11.3 Å². The van der Waals surface area contributed by atoms with Crippen molar-refractivity contribution in [2.75, 3.05) is 29.6 Å². The lowest BCUT2D eigenvalue weighted by Crippen LogP contribution is -2.26. The Labute approximate surface area is 163 Å². The van der Waals surface area contributed by atoms with E-state index in [0.29, 0.717) is 5.82 Å². The molecule has 0 saturated heterocycles. The fourth-order valence-electron chi connectivity index (χ4n) is 2.83. The minimum atomic E-state index is -4.59. The van der Waals surface area contributed by atoms with Crippen LogP contribution in [0.4, 0.5) is 24.5 Å². The molecule has 1 aliphatic rings. The van der Waals surface area contributed by atoms with E-state index < -0.39 is 17.7 Å². The van der Waals surface area contributed by atoms with Gasteiger partial charge in [0.15, 0.2) is 10.9 Å². The Hall–Kier alpha value is -3.06. The molecule has 28 heavy (non-hydrogen) atoms. The Balaban J connectivity index is 1.82. The molecule has 0 saturated carbocycles. The molecule has 1 aliphatic heterocycles. The van der Waals surface area contributed by atoms with Crippen LogP contribution >= 0.6 is 11.8 Å². The number of thioether (sulfide) groups is 1. The maximum atomic E-state index is 12.7. The van der Waals surface area contributed by atoms with Gasteiger partial charge in [0.1, 0.15) is 23.2 Å². The number of halogens is 3. The van der Waals surface area contributed by atoms with Crippen molar-refractivity contribution in [2.24, 2.45) is 0 Å². The highest BCUT2D eigenvalue weighted by Gasteiger charge is 2.33. The van der Waals surface area contributed by atoms with Gasteiger partial charge in [-0.1, -0.05) is 23.9 Å². The Morgan fingerprint density at radius 1 is 1.18 bits per heavy atom. The molecule has 1 aromatic heterocycles. The zero-order valence-corrected chi connectivity index (χ0v) is 15.7. The average molecular weight is 405 g/mol. The zero-order chi connectivity index (χ0) is 20.5. The molecule has 0 amide bonds. The Kier molecular flexibility index (Phi) is 5.29.